The van der Waals surface area contributed by atoms with Gasteiger partial charge in [0, 0.05) is 27.2 Å². The van der Waals surface area contributed by atoms with Gasteiger partial charge in [-0.25, -0.2) is 18.4 Å². The second-order valence-corrected chi connectivity index (χ2v) is 9.15. The van der Waals surface area contributed by atoms with Crippen LogP contribution in [0.15, 0.2) is 57.9 Å². The van der Waals surface area contributed by atoms with Crippen LogP contribution in [0.5, 0.6) is 0 Å². The van der Waals surface area contributed by atoms with Crippen molar-refractivity contribution in [1.82, 2.24) is 9.97 Å². The number of rotatable bonds is 6. The van der Waals surface area contributed by atoms with Gasteiger partial charge in [-0.2, -0.15) is 0 Å². The first-order valence-electron chi connectivity index (χ1n) is 8.36. The van der Waals surface area contributed by atoms with Crippen molar-refractivity contribution >= 4 is 48.9 Å². The summed E-state index contributed by atoms with van der Waals surface area (Å²) < 4.78 is 28.3. The van der Waals surface area contributed by atoms with E-state index in [-0.39, 0.29) is 9.92 Å². The quantitative estimate of drug-likeness (QED) is 0.522. The maximum Gasteiger partial charge on any atom is 0.263 e. The normalized spacial score (nSPS) is 11.3. The van der Waals surface area contributed by atoms with Crippen molar-refractivity contribution in [3.8, 4) is 0 Å². The van der Waals surface area contributed by atoms with Gasteiger partial charge in [0.25, 0.3) is 10.0 Å². The van der Waals surface area contributed by atoms with Crippen LogP contribution in [0.3, 0.4) is 0 Å². The summed E-state index contributed by atoms with van der Waals surface area (Å²) in [5.74, 6) is 0.701. The molecule has 1 aromatic heterocycles. The lowest BCUT2D eigenvalue weighted by Gasteiger charge is -2.11. The zero-order valence-electron chi connectivity index (χ0n) is 15.2. The van der Waals surface area contributed by atoms with Crippen LogP contribution in [-0.2, 0) is 16.6 Å². The molecule has 28 heavy (non-hydrogen) atoms. The van der Waals surface area contributed by atoms with E-state index >= 15 is 0 Å². The third-order valence-electron chi connectivity index (χ3n) is 3.80. The molecule has 0 aliphatic rings. The van der Waals surface area contributed by atoms with Crippen LogP contribution in [-0.4, -0.2) is 18.4 Å². The van der Waals surface area contributed by atoms with Gasteiger partial charge in [-0.15, -0.1) is 0 Å². The monoisotopic (exact) mass is 480 g/mol. The van der Waals surface area contributed by atoms with Crippen LogP contribution < -0.4 is 10.0 Å². The summed E-state index contributed by atoms with van der Waals surface area (Å²) in [6, 6.07) is 13.5. The summed E-state index contributed by atoms with van der Waals surface area (Å²) >= 11 is 9.32. The molecule has 0 spiro atoms. The van der Waals surface area contributed by atoms with Crippen molar-refractivity contribution in [1.29, 1.82) is 0 Å². The van der Waals surface area contributed by atoms with Gasteiger partial charge >= 0.3 is 0 Å². The molecule has 1 heterocycles. The van der Waals surface area contributed by atoms with Crippen molar-refractivity contribution in [2.45, 2.75) is 25.3 Å². The molecule has 0 atom stereocenters. The maximum atomic E-state index is 12.6. The SMILES string of the molecule is Cc1cc(C)nc(CNc2ccc(NS(=O)(=O)c3ccc(Br)cc3Cl)cc2)n1. The molecule has 146 valence electrons. The fourth-order valence-corrected chi connectivity index (χ4v) is 4.72. The van der Waals surface area contributed by atoms with Crippen LogP contribution in [0.25, 0.3) is 0 Å². The number of aromatic nitrogens is 2. The second kappa shape index (κ2) is 8.46. The van der Waals surface area contributed by atoms with E-state index in [0.717, 1.165) is 17.1 Å². The van der Waals surface area contributed by atoms with Crippen molar-refractivity contribution < 1.29 is 8.42 Å². The average Bonchev–Trinajstić information content (AvgIpc) is 2.59. The summed E-state index contributed by atoms with van der Waals surface area (Å²) in [7, 11) is -3.78. The molecule has 0 aliphatic heterocycles. The van der Waals surface area contributed by atoms with Gasteiger partial charge in [0.15, 0.2) is 0 Å². The van der Waals surface area contributed by atoms with Gasteiger partial charge in [-0.3, -0.25) is 4.72 Å². The Morgan fingerprint density at radius 3 is 2.18 bits per heavy atom. The van der Waals surface area contributed by atoms with E-state index in [4.69, 9.17) is 11.6 Å². The van der Waals surface area contributed by atoms with Crippen LogP contribution in [0, 0.1) is 13.8 Å². The number of nitrogens with zero attached hydrogens (tertiary/aromatic N) is 2. The fourth-order valence-electron chi connectivity index (χ4n) is 2.62. The number of hydrogen-bond donors (Lipinski definition) is 2. The number of hydrogen-bond acceptors (Lipinski definition) is 5. The lowest BCUT2D eigenvalue weighted by molar-refractivity contribution is 0.601. The van der Waals surface area contributed by atoms with E-state index in [0.29, 0.717) is 22.5 Å². The number of anilines is 2. The first-order chi connectivity index (χ1) is 13.2. The number of nitrogens with one attached hydrogen (secondary N) is 2. The molecule has 3 aromatic rings. The van der Waals surface area contributed by atoms with E-state index in [1.807, 2.05) is 19.9 Å². The van der Waals surface area contributed by atoms with Crippen LogP contribution in [0.2, 0.25) is 5.02 Å². The molecule has 0 bridgehead atoms. The maximum absolute atomic E-state index is 12.6. The topological polar surface area (TPSA) is 84.0 Å². The van der Waals surface area contributed by atoms with E-state index in [9.17, 15) is 8.42 Å². The van der Waals surface area contributed by atoms with Gasteiger partial charge in [0.05, 0.1) is 11.6 Å². The molecule has 0 amide bonds. The molecule has 2 aromatic carbocycles. The number of benzene rings is 2. The highest BCUT2D eigenvalue weighted by Gasteiger charge is 2.18. The third-order valence-corrected chi connectivity index (χ3v) is 6.16. The Morgan fingerprint density at radius 2 is 1.57 bits per heavy atom. The molecule has 9 heteroatoms. The zero-order chi connectivity index (χ0) is 20.3. The van der Waals surface area contributed by atoms with Crippen LogP contribution in [0.4, 0.5) is 11.4 Å². The lowest BCUT2D eigenvalue weighted by Crippen LogP contribution is -2.13. The standard InChI is InChI=1S/C19H18BrClN4O2S/c1-12-9-13(2)24-19(23-12)11-22-15-4-6-16(7-5-15)25-28(26,27)18-8-3-14(20)10-17(18)21/h3-10,22,25H,11H2,1-2H3. The summed E-state index contributed by atoms with van der Waals surface area (Å²) in [5, 5.41) is 3.37. The highest BCUT2D eigenvalue weighted by molar-refractivity contribution is 9.10. The first kappa shape index (κ1) is 20.6. The minimum Gasteiger partial charge on any atom is -0.378 e. The van der Waals surface area contributed by atoms with Crippen molar-refractivity contribution in [3.63, 3.8) is 0 Å². The van der Waals surface area contributed by atoms with E-state index in [1.165, 1.54) is 12.1 Å². The molecule has 0 radical (unpaired) electrons. The Kier molecular flexibility index (Phi) is 6.22. The van der Waals surface area contributed by atoms with Gasteiger partial charge in [-0.05, 0) is 62.4 Å². The molecule has 0 fully saturated rings. The molecular formula is C19H18BrClN4O2S. The minimum atomic E-state index is -3.78. The summed E-state index contributed by atoms with van der Waals surface area (Å²) in [6.45, 7) is 4.33. The fraction of sp³-hybridized carbons (Fsp3) is 0.158. The lowest BCUT2D eigenvalue weighted by atomic mass is 10.3. The Bertz CT molecular complexity index is 1090. The van der Waals surface area contributed by atoms with Gasteiger partial charge < -0.3 is 5.32 Å². The van der Waals surface area contributed by atoms with Crippen LogP contribution >= 0.6 is 27.5 Å². The zero-order valence-corrected chi connectivity index (χ0v) is 18.4. The summed E-state index contributed by atoms with van der Waals surface area (Å²) in [6.07, 6.45) is 0. The predicted molar refractivity (Wildman–Crippen MR) is 115 cm³/mol. The third kappa shape index (κ3) is 5.21. The highest BCUT2D eigenvalue weighted by Crippen LogP contribution is 2.27. The molecule has 0 saturated carbocycles. The Labute approximate surface area is 177 Å². The van der Waals surface area contributed by atoms with Crippen molar-refractivity contribution in [2.75, 3.05) is 10.0 Å². The molecule has 0 unspecified atom stereocenters. The van der Waals surface area contributed by atoms with Crippen LogP contribution in [0.1, 0.15) is 17.2 Å². The minimum absolute atomic E-state index is 0.0199. The largest absolute Gasteiger partial charge is 0.378 e. The summed E-state index contributed by atoms with van der Waals surface area (Å²) in [4.78, 5) is 8.78. The molecule has 0 aliphatic carbocycles. The molecular weight excluding hydrogens is 464 g/mol. The Balaban J connectivity index is 1.68. The molecule has 6 nitrogen and oxygen atoms in total. The highest BCUT2D eigenvalue weighted by atomic mass is 79.9. The van der Waals surface area contributed by atoms with Crippen molar-refractivity contribution in [2.24, 2.45) is 0 Å². The average molecular weight is 482 g/mol. The van der Waals surface area contributed by atoms with E-state index in [2.05, 4.69) is 35.9 Å². The number of aryl methyl sites for hydroxylation is 2. The Hall–Kier alpha value is -2.16. The van der Waals surface area contributed by atoms with Gasteiger partial charge in [-0.1, -0.05) is 27.5 Å². The van der Waals surface area contributed by atoms with E-state index in [1.54, 1.807) is 30.3 Å². The molecule has 0 saturated heterocycles. The predicted octanol–water partition coefficient (Wildman–Crippen LogP) is 4.92. The first-order valence-corrected chi connectivity index (χ1v) is 11.0. The summed E-state index contributed by atoms with van der Waals surface area (Å²) in [5.41, 5.74) is 3.10. The van der Waals surface area contributed by atoms with E-state index < -0.39 is 10.0 Å². The molecule has 2 N–H and O–H groups in total. The smallest absolute Gasteiger partial charge is 0.263 e. The number of halogens is 2. The molecule has 3 rings (SSSR count). The Morgan fingerprint density at radius 1 is 0.964 bits per heavy atom. The van der Waals surface area contributed by atoms with Crippen molar-refractivity contribution in [3.05, 3.63) is 75.2 Å². The second-order valence-electron chi connectivity index (χ2n) is 6.18. The number of sulfonamides is 1. The van der Waals surface area contributed by atoms with Gasteiger partial charge in [0.1, 0.15) is 10.7 Å². The van der Waals surface area contributed by atoms with Gasteiger partial charge in [0.2, 0.25) is 0 Å².